The zero-order valence-electron chi connectivity index (χ0n) is 17.1. The Hall–Kier alpha value is -4.21. The van der Waals surface area contributed by atoms with Gasteiger partial charge in [-0.2, -0.15) is 0 Å². The average Bonchev–Trinajstić information content (AvgIpc) is 3.18. The number of nitrogens with one attached hydrogen (secondary N) is 1. The lowest BCUT2D eigenvalue weighted by atomic mass is 10.2. The molecule has 4 rings (SSSR count). The molecule has 10 heteroatoms. The van der Waals surface area contributed by atoms with Gasteiger partial charge in [0.2, 0.25) is 11.8 Å². The lowest BCUT2D eigenvalue weighted by Crippen LogP contribution is -2.15. The molecule has 0 aliphatic carbocycles. The van der Waals surface area contributed by atoms with E-state index in [1.807, 2.05) is 0 Å². The maximum Gasteiger partial charge on any atom is 0.231 e. The number of ether oxygens (including phenoxy) is 3. The maximum absolute atomic E-state index is 12.1. The number of anilines is 1. The first-order chi connectivity index (χ1) is 15.1. The van der Waals surface area contributed by atoms with E-state index in [9.17, 15) is 4.79 Å². The minimum atomic E-state index is -0.252. The fraction of sp³-hybridized carbons (Fsp3) is 0.190. The lowest BCUT2D eigenvalue weighted by Gasteiger charge is -2.11. The van der Waals surface area contributed by atoms with Crippen LogP contribution in [0.5, 0.6) is 23.1 Å². The molecule has 10 nitrogen and oxygen atoms in total. The van der Waals surface area contributed by atoms with Crippen LogP contribution in [0, 0.1) is 6.92 Å². The number of fused-ring (bicyclic) bond motifs is 1. The predicted octanol–water partition coefficient (Wildman–Crippen LogP) is 3.31. The standard InChI is InChI=1S/C21H19N5O5/c1-12-6-19(26-31-12)25-20(27)7-13-4-5-14(10-22-13)30-21-15-8-17(28-2)18(29-3)9-16(15)23-11-24-21/h4-6,8-11H,7H2,1-3H3,(H,25,26,27). The number of hydrogen-bond acceptors (Lipinski definition) is 9. The Morgan fingerprint density at radius 2 is 1.87 bits per heavy atom. The number of rotatable bonds is 7. The molecule has 3 aromatic heterocycles. The van der Waals surface area contributed by atoms with Gasteiger partial charge < -0.3 is 24.1 Å². The molecular weight excluding hydrogens is 402 g/mol. The molecule has 4 aromatic rings. The number of nitrogens with zero attached hydrogens (tertiary/aromatic N) is 4. The average molecular weight is 421 g/mol. The number of amides is 1. The third kappa shape index (κ3) is 4.53. The highest BCUT2D eigenvalue weighted by Gasteiger charge is 2.13. The summed E-state index contributed by atoms with van der Waals surface area (Å²) >= 11 is 0. The summed E-state index contributed by atoms with van der Waals surface area (Å²) in [6, 6.07) is 8.56. The second kappa shape index (κ2) is 8.66. The van der Waals surface area contributed by atoms with Crippen LogP contribution in [0.1, 0.15) is 11.5 Å². The van der Waals surface area contributed by atoms with Crippen molar-refractivity contribution in [2.45, 2.75) is 13.3 Å². The van der Waals surface area contributed by atoms with E-state index >= 15 is 0 Å². The minimum absolute atomic E-state index is 0.0830. The molecular formula is C21H19N5O5. The highest BCUT2D eigenvalue weighted by molar-refractivity contribution is 5.91. The van der Waals surface area contributed by atoms with E-state index in [4.69, 9.17) is 18.7 Å². The Kier molecular flexibility index (Phi) is 5.61. The molecule has 1 amide bonds. The maximum atomic E-state index is 12.1. The SMILES string of the molecule is COc1cc2ncnc(Oc3ccc(CC(=O)Nc4cc(C)on4)nc3)c2cc1OC. The highest BCUT2D eigenvalue weighted by Crippen LogP contribution is 2.35. The smallest absolute Gasteiger partial charge is 0.231 e. The molecule has 0 atom stereocenters. The van der Waals surface area contributed by atoms with E-state index in [2.05, 4.69) is 25.4 Å². The number of benzene rings is 1. The molecule has 0 saturated heterocycles. The van der Waals surface area contributed by atoms with Crippen molar-refractivity contribution in [2.24, 2.45) is 0 Å². The quantitative estimate of drug-likeness (QED) is 0.479. The van der Waals surface area contributed by atoms with Gasteiger partial charge >= 0.3 is 0 Å². The third-order valence-corrected chi connectivity index (χ3v) is 4.35. The van der Waals surface area contributed by atoms with E-state index in [1.165, 1.54) is 12.5 Å². The number of aryl methyl sites for hydroxylation is 1. The largest absolute Gasteiger partial charge is 0.493 e. The van der Waals surface area contributed by atoms with Gasteiger partial charge in [-0.15, -0.1) is 0 Å². The van der Waals surface area contributed by atoms with Gasteiger partial charge in [-0.05, 0) is 25.1 Å². The molecule has 1 aromatic carbocycles. The molecule has 0 bridgehead atoms. The van der Waals surface area contributed by atoms with E-state index in [0.29, 0.717) is 51.3 Å². The summed E-state index contributed by atoms with van der Waals surface area (Å²) in [5, 5.41) is 7.04. The fourth-order valence-electron chi connectivity index (χ4n) is 2.91. The zero-order chi connectivity index (χ0) is 21.8. The summed E-state index contributed by atoms with van der Waals surface area (Å²) in [4.78, 5) is 24.9. The fourth-order valence-corrected chi connectivity index (χ4v) is 2.91. The van der Waals surface area contributed by atoms with Gasteiger partial charge in [0.05, 0.1) is 37.7 Å². The summed E-state index contributed by atoms with van der Waals surface area (Å²) in [5.74, 6) is 2.64. The van der Waals surface area contributed by atoms with Crippen LogP contribution in [0.4, 0.5) is 5.82 Å². The summed E-state index contributed by atoms with van der Waals surface area (Å²) in [5.41, 5.74) is 1.22. The molecule has 0 saturated carbocycles. The Labute approximate surface area is 177 Å². The number of carbonyl (C=O) groups excluding carboxylic acids is 1. The Balaban J connectivity index is 1.48. The third-order valence-electron chi connectivity index (χ3n) is 4.35. The molecule has 0 fully saturated rings. The van der Waals surface area contributed by atoms with Gasteiger partial charge in [0, 0.05) is 17.8 Å². The zero-order valence-corrected chi connectivity index (χ0v) is 17.1. The first-order valence-corrected chi connectivity index (χ1v) is 9.28. The highest BCUT2D eigenvalue weighted by atomic mass is 16.5. The van der Waals surface area contributed by atoms with Crippen molar-refractivity contribution in [2.75, 3.05) is 19.5 Å². The molecule has 0 radical (unpaired) electrons. The van der Waals surface area contributed by atoms with Crippen LogP contribution in [0.25, 0.3) is 10.9 Å². The van der Waals surface area contributed by atoms with Gasteiger partial charge in [0.1, 0.15) is 17.8 Å². The van der Waals surface area contributed by atoms with Crippen molar-refractivity contribution in [3.8, 4) is 23.1 Å². The Morgan fingerprint density at radius 3 is 2.55 bits per heavy atom. The number of pyridine rings is 1. The monoisotopic (exact) mass is 421 g/mol. The van der Waals surface area contributed by atoms with Crippen LogP contribution in [-0.2, 0) is 11.2 Å². The second-order valence-electron chi connectivity index (χ2n) is 6.54. The van der Waals surface area contributed by atoms with Gasteiger partial charge in [-0.1, -0.05) is 5.16 Å². The number of methoxy groups -OCH3 is 2. The molecule has 0 unspecified atom stereocenters. The topological polar surface area (TPSA) is 121 Å². The number of carbonyl (C=O) groups is 1. The van der Waals surface area contributed by atoms with Gasteiger partial charge in [0.25, 0.3) is 0 Å². The van der Waals surface area contributed by atoms with Crippen molar-refractivity contribution in [1.29, 1.82) is 0 Å². The van der Waals surface area contributed by atoms with Crippen LogP contribution in [-0.4, -0.2) is 40.2 Å². The van der Waals surface area contributed by atoms with Gasteiger partial charge in [-0.3, -0.25) is 9.78 Å². The summed E-state index contributed by atoms with van der Waals surface area (Å²) in [7, 11) is 3.11. The summed E-state index contributed by atoms with van der Waals surface area (Å²) < 4.78 is 21.5. The van der Waals surface area contributed by atoms with Crippen molar-refractivity contribution in [1.82, 2.24) is 20.1 Å². The van der Waals surface area contributed by atoms with E-state index in [0.717, 1.165) is 0 Å². The second-order valence-corrected chi connectivity index (χ2v) is 6.54. The molecule has 0 spiro atoms. The molecule has 0 aliphatic heterocycles. The van der Waals surface area contributed by atoms with Crippen LogP contribution in [0.2, 0.25) is 0 Å². The molecule has 0 aliphatic rings. The van der Waals surface area contributed by atoms with E-state index < -0.39 is 0 Å². The van der Waals surface area contributed by atoms with Gasteiger partial charge in [-0.25, -0.2) is 9.97 Å². The lowest BCUT2D eigenvalue weighted by molar-refractivity contribution is -0.115. The first-order valence-electron chi connectivity index (χ1n) is 9.28. The molecule has 3 heterocycles. The van der Waals surface area contributed by atoms with Crippen molar-refractivity contribution in [3.63, 3.8) is 0 Å². The first kappa shape index (κ1) is 20.1. The van der Waals surface area contributed by atoms with Crippen molar-refractivity contribution >= 4 is 22.6 Å². The Morgan fingerprint density at radius 1 is 1.06 bits per heavy atom. The normalized spacial score (nSPS) is 10.7. The van der Waals surface area contributed by atoms with E-state index in [-0.39, 0.29) is 12.3 Å². The number of hydrogen-bond donors (Lipinski definition) is 1. The van der Waals surface area contributed by atoms with Crippen LogP contribution >= 0.6 is 0 Å². The molecule has 158 valence electrons. The van der Waals surface area contributed by atoms with Gasteiger partial charge in [0.15, 0.2) is 17.3 Å². The van der Waals surface area contributed by atoms with Crippen LogP contribution in [0.15, 0.2) is 47.4 Å². The minimum Gasteiger partial charge on any atom is -0.493 e. The van der Waals surface area contributed by atoms with Crippen molar-refractivity contribution in [3.05, 3.63) is 54.3 Å². The molecule has 31 heavy (non-hydrogen) atoms. The number of aromatic nitrogens is 4. The van der Waals surface area contributed by atoms with E-state index in [1.54, 1.807) is 51.5 Å². The van der Waals surface area contributed by atoms with Crippen molar-refractivity contribution < 1.29 is 23.5 Å². The van der Waals surface area contributed by atoms with Crippen LogP contribution < -0.4 is 19.5 Å². The summed E-state index contributed by atoms with van der Waals surface area (Å²) in [6.45, 7) is 1.75. The van der Waals surface area contributed by atoms with Crippen LogP contribution in [0.3, 0.4) is 0 Å². The predicted molar refractivity (Wildman–Crippen MR) is 111 cm³/mol. The Bertz CT molecular complexity index is 1220. The summed E-state index contributed by atoms with van der Waals surface area (Å²) in [6.07, 6.45) is 3.01. The molecule has 1 N–H and O–H groups in total.